The SMILES string of the molecule is CN.CNCOC[C@@H]1CCCN1C. The van der Waals surface area contributed by atoms with Gasteiger partial charge in [0.15, 0.2) is 0 Å². The maximum Gasteiger partial charge on any atom is 0.0963 e. The van der Waals surface area contributed by atoms with Crippen molar-refractivity contribution in [3.05, 3.63) is 0 Å². The van der Waals surface area contributed by atoms with E-state index in [9.17, 15) is 0 Å². The summed E-state index contributed by atoms with van der Waals surface area (Å²) in [5.41, 5.74) is 4.50. The molecule has 0 unspecified atom stereocenters. The molecule has 1 aliphatic heterocycles. The lowest BCUT2D eigenvalue weighted by Gasteiger charge is -2.18. The fourth-order valence-electron chi connectivity index (χ4n) is 1.49. The van der Waals surface area contributed by atoms with Crippen molar-refractivity contribution < 1.29 is 4.74 Å². The summed E-state index contributed by atoms with van der Waals surface area (Å²) in [5, 5.41) is 2.97. The minimum atomic E-state index is 0.656. The minimum Gasteiger partial charge on any atom is -0.365 e. The van der Waals surface area contributed by atoms with Crippen LogP contribution in [0.25, 0.3) is 0 Å². The molecule has 1 fully saturated rings. The van der Waals surface area contributed by atoms with Gasteiger partial charge in [-0.15, -0.1) is 0 Å². The molecule has 1 saturated heterocycles. The van der Waals surface area contributed by atoms with Crippen LogP contribution >= 0.6 is 0 Å². The van der Waals surface area contributed by atoms with Crippen molar-refractivity contribution in [1.82, 2.24) is 10.2 Å². The first-order valence-electron chi connectivity index (χ1n) is 4.85. The molecule has 0 spiro atoms. The number of likely N-dealkylation sites (N-methyl/N-ethyl adjacent to an activating group) is 1. The summed E-state index contributed by atoms with van der Waals surface area (Å²) < 4.78 is 5.38. The van der Waals surface area contributed by atoms with Gasteiger partial charge in [0.05, 0.1) is 13.3 Å². The quantitative estimate of drug-likeness (QED) is 0.477. The van der Waals surface area contributed by atoms with E-state index in [1.54, 1.807) is 0 Å². The van der Waals surface area contributed by atoms with Crippen LogP contribution in [0.2, 0.25) is 0 Å². The van der Waals surface area contributed by atoms with E-state index >= 15 is 0 Å². The van der Waals surface area contributed by atoms with E-state index in [0.717, 1.165) is 6.61 Å². The molecule has 1 atom stereocenters. The average Bonchev–Trinajstić information content (AvgIpc) is 2.56. The van der Waals surface area contributed by atoms with Crippen molar-refractivity contribution in [2.75, 3.05) is 41.0 Å². The molecule has 80 valence electrons. The average molecular weight is 189 g/mol. The standard InChI is InChI=1S/C8H18N2O.CH5N/c1-9-7-11-6-8-4-3-5-10(8)2;1-2/h8-9H,3-7H2,1-2H3;2H2,1H3/t8-;/m0./s1. The number of nitrogens with zero attached hydrogens (tertiary/aromatic N) is 1. The molecule has 0 saturated carbocycles. The van der Waals surface area contributed by atoms with Crippen LogP contribution < -0.4 is 11.1 Å². The summed E-state index contributed by atoms with van der Waals surface area (Å²) in [6, 6.07) is 0.656. The molecule has 4 nitrogen and oxygen atoms in total. The van der Waals surface area contributed by atoms with Crippen LogP contribution in [0, 0.1) is 0 Å². The Labute approximate surface area is 81.4 Å². The number of rotatable bonds is 4. The number of likely N-dealkylation sites (tertiary alicyclic amines) is 1. The summed E-state index contributed by atoms with van der Waals surface area (Å²) in [6.45, 7) is 2.77. The maximum atomic E-state index is 5.38. The van der Waals surface area contributed by atoms with E-state index in [0.29, 0.717) is 12.8 Å². The zero-order valence-electron chi connectivity index (χ0n) is 9.05. The van der Waals surface area contributed by atoms with Crippen molar-refractivity contribution in [3.63, 3.8) is 0 Å². The second-order valence-electron chi connectivity index (χ2n) is 3.15. The topological polar surface area (TPSA) is 50.5 Å². The molecule has 0 radical (unpaired) electrons. The van der Waals surface area contributed by atoms with Crippen molar-refractivity contribution in [2.24, 2.45) is 5.73 Å². The van der Waals surface area contributed by atoms with E-state index in [2.05, 4.69) is 23.0 Å². The van der Waals surface area contributed by atoms with Crippen LogP contribution in [0.5, 0.6) is 0 Å². The maximum absolute atomic E-state index is 5.38. The van der Waals surface area contributed by atoms with Crippen LogP contribution in [0.4, 0.5) is 0 Å². The first-order valence-corrected chi connectivity index (χ1v) is 4.85. The lowest BCUT2D eigenvalue weighted by Crippen LogP contribution is -2.30. The third kappa shape index (κ3) is 5.21. The largest absolute Gasteiger partial charge is 0.365 e. The van der Waals surface area contributed by atoms with Gasteiger partial charge in [0.25, 0.3) is 0 Å². The molecule has 4 heteroatoms. The van der Waals surface area contributed by atoms with Gasteiger partial charge in [-0.3, -0.25) is 5.32 Å². The van der Waals surface area contributed by atoms with Crippen molar-refractivity contribution in [1.29, 1.82) is 0 Å². The van der Waals surface area contributed by atoms with Gasteiger partial charge >= 0.3 is 0 Å². The molecule has 1 heterocycles. The van der Waals surface area contributed by atoms with Crippen LogP contribution in [-0.4, -0.2) is 52.0 Å². The van der Waals surface area contributed by atoms with Gasteiger partial charge in [-0.1, -0.05) is 0 Å². The minimum absolute atomic E-state index is 0.656. The van der Waals surface area contributed by atoms with Gasteiger partial charge in [-0.25, -0.2) is 0 Å². The predicted octanol–water partition coefficient (Wildman–Crippen LogP) is -0.151. The zero-order valence-corrected chi connectivity index (χ0v) is 9.05. The molecule has 1 rings (SSSR count). The molecule has 0 aromatic heterocycles. The molecule has 3 N–H and O–H groups in total. The van der Waals surface area contributed by atoms with Crippen LogP contribution in [-0.2, 0) is 4.74 Å². The van der Waals surface area contributed by atoms with Crippen LogP contribution in [0.15, 0.2) is 0 Å². The molecule has 0 aliphatic carbocycles. The number of ether oxygens (including phenoxy) is 1. The lowest BCUT2D eigenvalue weighted by molar-refractivity contribution is 0.0771. The van der Waals surface area contributed by atoms with Gasteiger partial charge in [0.1, 0.15) is 0 Å². The summed E-state index contributed by atoms with van der Waals surface area (Å²) in [7, 11) is 5.57. The zero-order chi connectivity index (χ0) is 10.1. The van der Waals surface area contributed by atoms with E-state index in [-0.39, 0.29) is 0 Å². The number of nitrogens with two attached hydrogens (primary N) is 1. The fraction of sp³-hybridized carbons (Fsp3) is 1.00. The fourth-order valence-corrected chi connectivity index (χ4v) is 1.49. The highest BCUT2D eigenvalue weighted by Crippen LogP contribution is 2.14. The van der Waals surface area contributed by atoms with Crippen molar-refractivity contribution >= 4 is 0 Å². The van der Waals surface area contributed by atoms with Gasteiger partial charge in [0.2, 0.25) is 0 Å². The third-order valence-electron chi connectivity index (χ3n) is 2.23. The summed E-state index contributed by atoms with van der Waals surface area (Å²) >= 11 is 0. The highest BCUT2D eigenvalue weighted by atomic mass is 16.5. The van der Waals surface area contributed by atoms with E-state index in [1.807, 2.05) is 7.05 Å². The summed E-state index contributed by atoms with van der Waals surface area (Å²) in [4.78, 5) is 2.37. The van der Waals surface area contributed by atoms with E-state index < -0.39 is 0 Å². The Hall–Kier alpha value is -0.160. The molecular formula is C9H23N3O. The van der Waals surface area contributed by atoms with Gasteiger partial charge in [-0.2, -0.15) is 0 Å². The molecule has 1 aliphatic rings. The Bertz CT molecular complexity index is 111. The Morgan fingerprint density at radius 2 is 2.23 bits per heavy atom. The number of hydrogen-bond acceptors (Lipinski definition) is 4. The third-order valence-corrected chi connectivity index (χ3v) is 2.23. The Kier molecular flexibility index (Phi) is 8.33. The number of nitrogens with one attached hydrogen (secondary N) is 1. The molecule has 0 aromatic rings. The molecule has 0 bridgehead atoms. The Morgan fingerprint density at radius 1 is 1.54 bits per heavy atom. The van der Waals surface area contributed by atoms with Gasteiger partial charge in [0, 0.05) is 6.04 Å². The molecule has 13 heavy (non-hydrogen) atoms. The van der Waals surface area contributed by atoms with E-state index in [4.69, 9.17) is 4.74 Å². The Balaban J connectivity index is 0.000000671. The summed E-state index contributed by atoms with van der Waals surface area (Å²) in [5.74, 6) is 0. The smallest absolute Gasteiger partial charge is 0.0963 e. The first-order chi connectivity index (χ1) is 6.34. The van der Waals surface area contributed by atoms with Gasteiger partial charge in [-0.05, 0) is 40.5 Å². The second kappa shape index (κ2) is 8.44. The normalized spacial score (nSPS) is 22.6. The Morgan fingerprint density at radius 3 is 2.69 bits per heavy atom. The first kappa shape index (κ1) is 12.8. The monoisotopic (exact) mass is 189 g/mol. The van der Waals surface area contributed by atoms with Crippen LogP contribution in [0.3, 0.4) is 0 Å². The molecule has 0 aromatic carbocycles. The highest BCUT2D eigenvalue weighted by Gasteiger charge is 2.20. The van der Waals surface area contributed by atoms with Crippen molar-refractivity contribution in [2.45, 2.75) is 18.9 Å². The molecular weight excluding hydrogens is 166 g/mol. The molecule has 0 amide bonds. The second-order valence-corrected chi connectivity index (χ2v) is 3.15. The van der Waals surface area contributed by atoms with E-state index in [1.165, 1.54) is 26.4 Å². The highest BCUT2D eigenvalue weighted by molar-refractivity contribution is 4.75. The van der Waals surface area contributed by atoms with Crippen LogP contribution in [0.1, 0.15) is 12.8 Å². The number of hydrogen-bond donors (Lipinski definition) is 2. The lowest BCUT2D eigenvalue weighted by atomic mass is 10.2. The van der Waals surface area contributed by atoms with Crippen molar-refractivity contribution in [3.8, 4) is 0 Å². The predicted molar refractivity (Wildman–Crippen MR) is 55.6 cm³/mol. The van der Waals surface area contributed by atoms with Gasteiger partial charge < -0.3 is 15.4 Å². The summed E-state index contributed by atoms with van der Waals surface area (Å²) in [6.07, 6.45) is 2.62.